The molecule has 0 saturated carbocycles. The molecule has 3 aromatic rings. The Morgan fingerprint density at radius 3 is 2.67 bits per heavy atom. The van der Waals surface area contributed by atoms with Gasteiger partial charge in [0.1, 0.15) is 18.0 Å². The largest absolute Gasteiger partial charge is 0.288 e. The number of rotatable bonds is 4. The second kappa shape index (κ2) is 6.55. The predicted octanol–water partition coefficient (Wildman–Crippen LogP) is 2.39. The second-order valence-electron chi connectivity index (χ2n) is 4.99. The Morgan fingerprint density at radius 1 is 1.17 bits per heavy atom. The van der Waals surface area contributed by atoms with Gasteiger partial charge in [0.05, 0.1) is 12.1 Å². The van der Waals surface area contributed by atoms with Crippen LogP contribution in [-0.2, 0) is 6.54 Å². The lowest BCUT2D eigenvalue weighted by Gasteiger charge is -2.05. The average Bonchev–Trinajstić information content (AvgIpc) is 3.04. The summed E-state index contributed by atoms with van der Waals surface area (Å²) >= 11 is 0. The van der Waals surface area contributed by atoms with Crippen molar-refractivity contribution in [1.82, 2.24) is 20.2 Å². The standard InChI is InChI=1S/C16H12F2N4O2/c17-13-4-2-1-3-12(13)15-19-9-22(20-15)8-11-6-5-10(7-14(11)18)16(23)21-24/h1-7,9,24H,8H2,(H,21,23). The minimum Gasteiger partial charge on any atom is -0.288 e. The molecule has 3 rings (SSSR count). The number of carbonyl (C=O) groups excluding carboxylic acids is 1. The Balaban J connectivity index is 1.83. The SMILES string of the molecule is O=C(NO)c1ccc(Cn2cnc(-c3ccccc3F)n2)c(F)c1. The van der Waals surface area contributed by atoms with E-state index in [1.807, 2.05) is 0 Å². The van der Waals surface area contributed by atoms with Crippen LogP contribution in [0.15, 0.2) is 48.8 Å². The van der Waals surface area contributed by atoms with Gasteiger partial charge in [-0.15, -0.1) is 0 Å². The fraction of sp³-hybridized carbons (Fsp3) is 0.0625. The molecule has 2 aromatic carbocycles. The third kappa shape index (κ3) is 3.13. The van der Waals surface area contributed by atoms with E-state index < -0.39 is 17.5 Å². The zero-order valence-electron chi connectivity index (χ0n) is 12.3. The van der Waals surface area contributed by atoms with Gasteiger partial charge < -0.3 is 0 Å². The van der Waals surface area contributed by atoms with Gasteiger partial charge in [-0.25, -0.2) is 23.9 Å². The average molecular weight is 330 g/mol. The van der Waals surface area contributed by atoms with Crippen LogP contribution >= 0.6 is 0 Å². The fourth-order valence-electron chi connectivity index (χ4n) is 2.19. The van der Waals surface area contributed by atoms with Crippen LogP contribution < -0.4 is 5.48 Å². The first-order valence-corrected chi connectivity index (χ1v) is 6.95. The molecule has 0 unspecified atom stereocenters. The van der Waals surface area contributed by atoms with Gasteiger partial charge in [-0.05, 0) is 24.3 Å². The molecule has 1 amide bonds. The molecule has 6 nitrogen and oxygen atoms in total. The first-order chi connectivity index (χ1) is 11.6. The lowest BCUT2D eigenvalue weighted by Crippen LogP contribution is -2.19. The summed E-state index contributed by atoms with van der Waals surface area (Å²) in [5.74, 6) is -1.67. The second-order valence-corrected chi connectivity index (χ2v) is 4.99. The maximum atomic E-state index is 14.0. The first kappa shape index (κ1) is 15.8. The zero-order valence-corrected chi connectivity index (χ0v) is 12.3. The lowest BCUT2D eigenvalue weighted by molar-refractivity contribution is 0.0706. The smallest absolute Gasteiger partial charge is 0.274 e. The molecule has 0 aliphatic carbocycles. The molecule has 0 aliphatic heterocycles. The maximum Gasteiger partial charge on any atom is 0.274 e. The molecular weight excluding hydrogens is 318 g/mol. The highest BCUT2D eigenvalue weighted by molar-refractivity contribution is 5.93. The Labute approximate surface area is 135 Å². The molecule has 122 valence electrons. The van der Waals surface area contributed by atoms with Crippen molar-refractivity contribution in [3.8, 4) is 11.4 Å². The number of nitrogens with one attached hydrogen (secondary N) is 1. The van der Waals surface area contributed by atoms with E-state index in [0.717, 1.165) is 6.07 Å². The maximum absolute atomic E-state index is 14.0. The van der Waals surface area contributed by atoms with Gasteiger partial charge in [-0.2, -0.15) is 5.10 Å². The summed E-state index contributed by atoms with van der Waals surface area (Å²) in [5, 5.41) is 12.7. The van der Waals surface area contributed by atoms with Crippen LogP contribution in [0.3, 0.4) is 0 Å². The van der Waals surface area contributed by atoms with Gasteiger partial charge in [0.2, 0.25) is 0 Å². The summed E-state index contributed by atoms with van der Waals surface area (Å²) < 4.78 is 29.1. The quantitative estimate of drug-likeness (QED) is 0.569. The summed E-state index contributed by atoms with van der Waals surface area (Å²) in [6, 6.07) is 9.89. The summed E-state index contributed by atoms with van der Waals surface area (Å²) in [4.78, 5) is 15.3. The number of hydroxylamine groups is 1. The van der Waals surface area contributed by atoms with Crippen molar-refractivity contribution in [3.05, 3.63) is 71.6 Å². The highest BCUT2D eigenvalue weighted by Crippen LogP contribution is 2.18. The Kier molecular flexibility index (Phi) is 4.30. The number of nitrogens with zero attached hydrogens (tertiary/aromatic N) is 3. The lowest BCUT2D eigenvalue weighted by atomic mass is 10.1. The molecule has 2 N–H and O–H groups in total. The van der Waals surface area contributed by atoms with Crippen molar-refractivity contribution >= 4 is 5.91 Å². The van der Waals surface area contributed by atoms with Crippen LogP contribution in [0.1, 0.15) is 15.9 Å². The van der Waals surface area contributed by atoms with E-state index in [4.69, 9.17) is 5.21 Å². The van der Waals surface area contributed by atoms with E-state index in [0.29, 0.717) is 0 Å². The first-order valence-electron chi connectivity index (χ1n) is 6.95. The fourth-order valence-corrected chi connectivity index (χ4v) is 2.19. The number of aromatic nitrogens is 3. The van der Waals surface area contributed by atoms with E-state index in [2.05, 4.69) is 10.1 Å². The molecule has 0 aliphatic rings. The van der Waals surface area contributed by atoms with Crippen molar-refractivity contribution in [3.63, 3.8) is 0 Å². The van der Waals surface area contributed by atoms with E-state index in [1.54, 1.807) is 18.2 Å². The van der Waals surface area contributed by atoms with Crippen LogP contribution in [0.2, 0.25) is 0 Å². The number of benzene rings is 2. The molecule has 1 aromatic heterocycles. The van der Waals surface area contributed by atoms with Crippen molar-refractivity contribution in [2.75, 3.05) is 0 Å². The van der Waals surface area contributed by atoms with Gasteiger partial charge in [0.25, 0.3) is 5.91 Å². The molecule has 0 radical (unpaired) electrons. The van der Waals surface area contributed by atoms with Crippen molar-refractivity contribution in [1.29, 1.82) is 0 Å². The van der Waals surface area contributed by atoms with E-state index in [-0.39, 0.29) is 29.1 Å². The number of hydrogen-bond donors (Lipinski definition) is 2. The summed E-state index contributed by atoms with van der Waals surface area (Å²) in [5.41, 5.74) is 1.95. The number of amides is 1. The molecular formula is C16H12F2N4O2. The van der Waals surface area contributed by atoms with E-state index >= 15 is 0 Å². The van der Waals surface area contributed by atoms with Gasteiger partial charge >= 0.3 is 0 Å². The van der Waals surface area contributed by atoms with Gasteiger partial charge in [0, 0.05) is 11.1 Å². The summed E-state index contributed by atoms with van der Waals surface area (Å²) in [7, 11) is 0. The van der Waals surface area contributed by atoms with Crippen LogP contribution in [0, 0.1) is 11.6 Å². The Hall–Kier alpha value is -3.13. The highest BCUT2D eigenvalue weighted by atomic mass is 19.1. The minimum absolute atomic E-state index is 0.00983. The number of carbonyl (C=O) groups is 1. The molecule has 0 spiro atoms. The Morgan fingerprint density at radius 2 is 1.96 bits per heavy atom. The van der Waals surface area contributed by atoms with Gasteiger partial charge in [-0.1, -0.05) is 18.2 Å². The molecule has 0 saturated heterocycles. The van der Waals surface area contributed by atoms with E-state index in [9.17, 15) is 13.6 Å². The van der Waals surface area contributed by atoms with Gasteiger partial charge in [-0.3, -0.25) is 10.0 Å². The van der Waals surface area contributed by atoms with E-state index in [1.165, 1.54) is 34.7 Å². The minimum atomic E-state index is -0.803. The van der Waals surface area contributed by atoms with Crippen molar-refractivity contribution in [2.45, 2.75) is 6.54 Å². The summed E-state index contributed by atoms with van der Waals surface area (Å²) in [6.07, 6.45) is 1.37. The van der Waals surface area contributed by atoms with Crippen LogP contribution in [0.25, 0.3) is 11.4 Å². The monoisotopic (exact) mass is 330 g/mol. The third-order valence-electron chi connectivity index (χ3n) is 3.40. The summed E-state index contributed by atoms with van der Waals surface area (Å²) in [6.45, 7) is 0.0638. The highest BCUT2D eigenvalue weighted by Gasteiger charge is 2.12. The van der Waals surface area contributed by atoms with Crippen molar-refractivity contribution < 1.29 is 18.8 Å². The number of halogens is 2. The van der Waals surface area contributed by atoms with Crippen molar-refractivity contribution in [2.24, 2.45) is 0 Å². The molecule has 24 heavy (non-hydrogen) atoms. The third-order valence-corrected chi connectivity index (χ3v) is 3.40. The molecule has 0 bridgehead atoms. The number of hydrogen-bond acceptors (Lipinski definition) is 4. The van der Waals surface area contributed by atoms with Crippen LogP contribution in [0.4, 0.5) is 8.78 Å². The molecule has 0 atom stereocenters. The predicted molar refractivity (Wildman–Crippen MR) is 80.2 cm³/mol. The molecule has 0 fully saturated rings. The molecule has 8 heteroatoms. The van der Waals surface area contributed by atoms with Crippen LogP contribution in [-0.4, -0.2) is 25.9 Å². The van der Waals surface area contributed by atoms with Crippen LogP contribution in [0.5, 0.6) is 0 Å². The van der Waals surface area contributed by atoms with Gasteiger partial charge in [0.15, 0.2) is 5.82 Å². The normalized spacial score (nSPS) is 10.6. The molecule has 1 heterocycles. The Bertz CT molecular complexity index is 895. The zero-order chi connectivity index (χ0) is 17.1. The topological polar surface area (TPSA) is 80.0 Å².